The van der Waals surface area contributed by atoms with E-state index in [4.69, 9.17) is 0 Å². The first-order valence-electron chi connectivity index (χ1n) is 14.2. The van der Waals surface area contributed by atoms with Crippen molar-refractivity contribution >= 4 is 23.5 Å². The van der Waals surface area contributed by atoms with E-state index in [0.29, 0.717) is 0 Å². The zero-order valence-corrected chi connectivity index (χ0v) is 29.1. The fourth-order valence-electron chi connectivity index (χ4n) is 2.04. The number of rotatable bonds is 24. The van der Waals surface area contributed by atoms with E-state index in [2.05, 4.69) is 27.1 Å². The summed E-state index contributed by atoms with van der Waals surface area (Å²) in [5.41, 5.74) is 0. The SMILES string of the molecule is CCCCOP(=O)([O-])OCCCC.CCCCOP(=O)([O-])OCCCC.CCCCOP(=O)([O-])OCCCC.[Fe+3]. The van der Waals surface area contributed by atoms with E-state index in [0.717, 1.165) is 77.0 Å². The molecule has 0 unspecified atom stereocenters. The molecule has 0 aromatic rings. The summed E-state index contributed by atoms with van der Waals surface area (Å²) < 4.78 is 60.5. The van der Waals surface area contributed by atoms with Crippen molar-refractivity contribution in [2.24, 2.45) is 0 Å². The molecule has 0 aliphatic heterocycles. The van der Waals surface area contributed by atoms with Gasteiger partial charge in [-0.2, -0.15) is 0 Å². The van der Waals surface area contributed by atoms with E-state index < -0.39 is 23.5 Å². The third-order valence-corrected chi connectivity index (χ3v) is 7.48. The molecule has 0 saturated heterocycles. The van der Waals surface area contributed by atoms with Crippen LogP contribution in [-0.2, 0) is 57.9 Å². The Balaban J connectivity index is -0.000000240. The second kappa shape index (κ2) is 32.8. The normalized spacial score (nSPS) is 11.6. The van der Waals surface area contributed by atoms with Crippen LogP contribution >= 0.6 is 23.5 Å². The monoisotopic (exact) mass is 683 g/mol. The van der Waals surface area contributed by atoms with Crippen molar-refractivity contribution in [3.05, 3.63) is 0 Å². The maximum absolute atomic E-state index is 11.0. The van der Waals surface area contributed by atoms with Crippen molar-refractivity contribution < 1.29 is 72.6 Å². The molecule has 0 amide bonds. The van der Waals surface area contributed by atoms with Gasteiger partial charge in [0.05, 0.1) is 39.6 Å². The molecule has 0 saturated carbocycles. The largest absolute Gasteiger partial charge is 3.00 e. The number of hydrogen-bond donors (Lipinski definition) is 0. The molecule has 0 aliphatic carbocycles. The standard InChI is InChI=1S/3C8H19O4P.Fe/c3*1-3-5-7-11-13(9,10)12-8-6-4-2;/h3*3-8H2,1-2H3,(H,9,10);/q;;;+3/p-3. The van der Waals surface area contributed by atoms with Crippen LogP contribution in [0.5, 0.6) is 0 Å². The maximum atomic E-state index is 11.0. The Kier molecular flexibility index (Phi) is 39.1. The Morgan fingerprint density at radius 1 is 0.375 bits per heavy atom. The molecule has 0 fully saturated rings. The van der Waals surface area contributed by atoms with E-state index in [9.17, 15) is 28.4 Å². The third kappa shape index (κ3) is 41.0. The van der Waals surface area contributed by atoms with Crippen molar-refractivity contribution in [3.8, 4) is 0 Å². The van der Waals surface area contributed by atoms with Crippen LogP contribution in [-0.4, -0.2) is 39.6 Å². The molecule has 40 heavy (non-hydrogen) atoms. The summed E-state index contributed by atoms with van der Waals surface area (Å²) in [4.78, 5) is 32.9. The van der Waals surface area contributed by atoms with Crippen LogP contribution in [0, 0.1) is 0 Å². The molecule has 0 aromatic heterocycles. The number of unbranched alkanes of at least 4 members (excludes halogenated alkanes) is 6. The Morgan fingerprint density at radius 3 is 0.600 bits per heavy atom. The summed E-state index contributed by atoms with van der Waals surface area (Å²) in [5.74, 6) is 0. The van der Waals surface area contributed by atoms with Gasteiger partial charge in [-0.05, 0) is 38.5 Å². The van der Waals surface area contributed by atoms with E-state index in [1.807, 2.05) is 41.5 Å². The summed E-state index contributed by atoms with van der Waals surface area (Å²) >= 11 is 0. The molecule has 0 rings (SSSR count). The van der Waals surface area contributed by atoms with Crippen molar-refractivity contribution in [2.75, 3.05) is 39.6 Å². The average Bonchev–Trinajstić information content (AvgIpc) is 2.85. The zero-order valence-electron chi connectivity index (χ0n) is 25.3. The topological polar surface area (TPSA) is 176 Å². The molecule has 12 nitrogen and oxygen atoms in total. The molecular weight excluding hydrogens is 629 g/mol. The number of hydrogen-bond acceptors (Lipinski definition) is 12. The van der Waals surface area contributed by atoms with Crippen molar-refractivity contribution in [1.29, 1.82) is 0 Å². The van der Waals surface area contributed by atoms with E-state index in [1.165, 1.54) is 0 Å². The van der Waals surface area contributed by atoms with Gasteiger partial charge >= 0.3 is 17.1 Å². The molecule has 0 N–H and O–H groups in total. The predicted molar refractivity (Wildman–Crippen MR) is 148 cm³/mol. The molecule has 0 bridgehead atoms. The molecule has 0 aromatic carbocycles. The Morgan fingerprint density at radius 2 is 0.500 bits per heavy atom. The number of phosphoric acid groups is 3. The summed E-state index contributed by atoms with van der Waals surface area (Å²) in [6.07, 6.45) is 9.91. The molecule has 1 radical (unpaired) electrons. The van der Waals surface area contributed by atoms with Crippen LogP contribution in [0.25, 0.3) is 0 Å². The van der Waals surface area contributed by atoms with Crippen LogP contribution in [0.2, 0.25) is 0 Å². The quantitative estimate of drug-likeness (QED) is 0.0635. The molecule has 16 heteroatoms. The molecule has 0 atom stereocenters. The van der Waals surface area contributed by atoms with Crippen molar-refractivity contribution in [2.45, 2.75) is 119 Å². The molecular formula is C24H54FeO12P3. The van der Waals surface area contributed by atoms with Crippen LogP contribution < -0.4 is 14.7 Å². The summed E-state index contributed by atoms with van der Waals surface area (Å²) in [5, 5.41) is 0. The molecule has 0 spiro atoms. The van der Waals surface area contributed by atoms with Gasteiger partial charge in [0.1, 0.15) is 0 Å². The molecule has 0 aliphatic rings. The van der Waals surface area contributed by atoms with Gasteiger partial charge in [-0.1, -0.05) is 80.1 Å². The predicted octanol–water partition coefficient (Wildman–Crippen LogP) is 6.26. The van der Waals surface area contributed by atoms with Crippen LogP contribution in [0.4, 0.5) is 0 Å². The van der Waals surface area contributed by atoms with Gasteiger partial charge in [0, 0.05) is 0 Å². The zero-order chi connectivity index (χ0) is 30.5. The minimum Gasteiger partial charge on any atom is -0.756 e. The van der Waals surface area contributed by atoms with Crippen LogP contribution in [0.3, 0.4) is 0 Å². The smallest absolute Gasteiger partial charge is 0.756 e. The molecule has 0 heterocycles. The minimum absolute atomic E-state index is 0. The average molecular weight is 683 g/mol. The Bertz CT molecular complexity index is 531. The summed E-state index contributed by atoms with van der Waals surface area (Å²) in [6, 6.07) is 0. The van der Waals surface area contributed by atoms with E-state index in [1.54, 1.807) is 0 Å². The van der Waals surface area contributed by atoms with Gasteiger partial charge in [-0.3, -0.25) is 13.7 Å². The Labute approximate surface area is 253 Å². The second-order valence-electron chi connectivity index (χ2n) is 8.46. The maximum Gasteiger partial charge on any atom is 3.00 e. The van der Waals surface area contributed by atoms with E-state index in [-0.39, 0.29) is 56.7 Å². The van der Waals surface area contributed by atoms with Crippen LogP contribution in [0.1, 0.15) is 119 Å². The van der Waals surface area contributed by atoms with Crippen molar-refractivity contribution in [3.63, 3.8) is 0 Å². The summed E-state index contributed by atoms with van der Waals surface area (Å²) in [6.45, 7) is 13.2. The van der Waals surface area contributed by atoms with Gasteiger partial charge in [-0.25, -0.2) is 0 Å². The van der Waals surface area contributed by atoms with E-state index >= 15 is 0 Å². The fraction of sp³-hybridized carbons (Fsp3) is 1.00. The van der Waals surface area contributed by atoms with Gasteiger partial charge in [0.25, 0.3) is 23.5 Å². The van der Waals surface area contributed by atoms with Gasteiger partial charge in [-0.15, -0.1) is 0 Å². The summed E-state index contributed by atoms with van der Waals surface area (Å²) in [7, 11) is -12.0. The first-order valence-corrected chi connectivity index (χ1v) is 18.5. The minimum atomic E-state index is -4.00. The van der Waals surface area contributed by atoms with Crippen LogP contribution in [0.15, 0.2) is 0 Å². The van der Waals surface area contributed by atoms with Gasteiger partial charge < -0.3 is 41.8 Å². The van der Waals surface area contributed by atoms with Gasteiger partial charge in [0.2, 0.25) is 0 Å². The molecule has 245 valence electrons. The third-order valence-electron chi connectivity index (χ3n) is 4.48. The van der Waals surface area contributed by atoms with Gasteiger partial charge in [0.15, 0.2) is 0 Å². The Hall–Kier alpha value is 0.849. The first-order chi connectivity index (χ1) is 18.4. The fourth-order valence-corrected chi connectivity index (χ4v) is 4.38. The number of phosphoric ester groups is 3. The first kappa shape index (κ1) is 47.8. The van der Waals surface area contributed by atoms with Crippen molar-refractivity contribution in [1.82, 2.24) is 0 Å². The second-order valence-corrected chi connectivity index (χ2v) is 12.7.